The minimum absolute atomic E-state index is 0.0323. The maximum Gasteiger partial charge on any atom is 0.271 e. The van der Waals surface area contributed by atoms with E-state index in [9.17, 15) is 13.6 Å². The van der Waals surface area contributed by atoms with E-state index in [-0.39, 0.29) is 18.3 Å². The van der Waals surface area contributed by atoms with Crippen LogP contribution in [0.5, 0.6) is 0 Å². The van der Waals surface area contributed by atoms with Crippen molar-refractivity contribution >= 4 is 5.91 Å². The Balaban J connectivity index is 1.81. The second-order valence-corrected chi connectivity index (χ2v) is 9.18. The summed E-state index contributed by atoms with van der Waals surface area (Å²) in [5.74, 6) is -2.67. The highest BCUT2D eigenvalue weighted by molar-refractivity contribution is 5.85. The summed E-state index contributed by atoms with van der Waals surface area (Å²) in [7, 11) is 0. The topological polar surface area (TPSA) is 67.0 Å². The van der Waals surface area contributed by atoms with Gasteiger partial charge in [0, 0.05) is 18.2 Å². The van der Waals surface area contributed by atoms with Gasteiger partial charge in [-0.05, 0) is 25.7 Å². The number of benzene rings is 1. The Bertz CT molecular complexity index is 859. The van der Waals surface area contributed by atoms with Crippen molar-refractivity contribution in [2.75, 3.05) is 6.61 Å². The number of hydrogen-bond donors (Lipinski definition) is 2. The Morgan fingerprint density at radius 1 is 1.24 bits per heavy atom. The summed E-state index contributed by atoms with van der Waals surface area (Å²) in [6.07, 6.45) is 1.41. The van der Waals surface area contributed by atoms with Crippen LogP contribution in [0.3, 0.4) is 0 Å². The first-order chi connectivity index (χ1) is 13.4. The van der Waals surface area contributed by atoms with Gasteiger partial charge in [0.1, 0.15) is 18.0 Å². The van der Waals surface area contributed by atoms with Gasteiger partial charge in [-0.2, -0.15) is 0 Å². The van der Waals surface area contributed by atoms with E-state index in [0.717, 1.165) is 16.8 Å². The van der Waals surface area contributed by atoms with Gasteiger partial charge in [-0.1, -0.05) is 50.6 Å². The number of carbonyl (C=O) groups is 1. The number of halogens is 2. The number of amides is 1. The Kier molecular flexibility index (Phi) is 5.56. The molecule has 1 aromatic heterocycles. The number of imidazole rings is 1. The molecule has 1 unspecified atom stereocenters. The molecular formula is C22H29F2N3O2. The van der Waals surface area contributed by atoms with E-state index in [1.54, 1.807) is 6.92 Å². The fourth-order valence-corrected chi connectivity index (χ4v) is 3.35. The van der Waals surface area contributed by atoms with Gasteiger partial charge in [0.15, 0.2) is 0 Å². The quantitative estimate of drug-likeness (QED) is 0.768. The SMILES string of the molecule is Cc1ccc(-c2c[nH]c([C@@H](NC(=O)C3(C)CCC(F)(F)CO3)C(C)(C)C)n2)cc1. The standard InChI is InChI=1S/C22H29F2N3O2/c1-14-6-8-15(9-7-14)16-12-25-18(26-16)17(20(2,3)4)27-19(28)21(5)10-11-22(23,24)13-29-21/h6-9,12,17H,10-11,13H2,1-5H3,(H,25,26)(H,27,28)/t17-,21?/m1/s1. The van der Waals surface area contributed by atoms with Gasteiger partial charge in [0.2, 0.25) is 0 Å². The van der Waals surface area contributed by atoms with Crippen molar-refractivity contribution in [2.45, 2.75) is 65.0 Å². The third-order valence-electron chi connectivity index (χ3n) is 5.41. The van der Waals surface area contributed by atoms with Crippen LogP contribution >= 0.6 is 0 Å². The van der Waals surface area contributed by atoms with Gasteiger partial charge in [0.05, 0.1) is 11.7 Å². The van der Waals surface area contributed by atoms with Crippen LogP contribution in [0.4, 0.5) is 8.78 Å². The molecule has 2 atom stereocenters. The molecule has 158 valence electrons. The summed E-state index contributed by atoms with van der Waals surface area (Å²) in [6, 6.07) is 7.60. The normalized spacial score (nSPS) is 22.9. The molecule has 0 spiro atoms. The molecule has 0 aliphatic carbocycles. The molecule has 0 bridgehead atoms. The summed E-state index contributed by atoms with van der Waals surface area (Å²) in [5.41, 5.74) is 1.28. The lowest BCUT2D eigenvalue weighted by Crippen LogP contribution is -2.54. The molecule has 1 aromatic carbocycles. The summed E-state index contributed by atoms with van der Waals surface area (Å²) in [4.78, 5) is 20.8. The highest BCUT2D eigenvalue weighted by Gasteiger charge is 2.47. The van der Waals surface area contributed by atoms with Crippen LogP contribution in [-0.4, -0.2) is 34.0 Å². The van der Waals surface area contributed by atoms with Gasteiger partial charge in [-0.15, -0.1) is 0 Å². The summed E-state index contributed by atoms with van der Waals surface area (Å²) >= 11 is 0. The van der Waals surface area contributed by atoms with Crippen LogP contribution in [0.1, 0.15) is 58.0 Å². The first-order valence-corrected chi connectivity index (χ1v) is 9.85. The van der Waals surface area contributed by atoms with Crippen LogP contribution in [0.2, 0.25) is 0 Å². The highest BCUT2D eigenvalue weighted by Crippen LogP contribution is 2.37. The van der Waals surface area contributed by atoms with Crippen molar-refractivity contribution in [1.82, 2.24) is 15.3 Å². The van der Waals surface area contributed by atoms with Gasteiger partial charge < -0.3 is 15.0 Å². The van der Waals surface area contributed by atoms with E-state index in [1.807, 2.05) is 58.2 Å². The predicted octanol–water partition coefficient (Wildman–Crippen LogP) is 4.79. The number of rotatable bonds is 4. The van der Waals surface area contributed by atoms with Crippen LogP contribution < -0.4 is 5.32 Å². The number of hydrogen-bond acceptors (Lipinski definition) is 3. The minimum Gasteiger partial charge on any atom is -0.359 e. The molecule has 1 aliphatic rings. The van der Waals surface area contributed by atoms with Crippen molar-refractivity contribution in [3.05, 3.63) is 41.9 Å². The summed E-state index contributed by atoms with van der Waals surface area (Å²) < 4.78 is 32.2. The predicted molar refractivity (Wildman–Crippen MR) is 108 cm³/mol. The molecule has 29 heavy (non-hydrogen) atoms. The molecule has 5 nitrogen and oxygen atoms in total. The zero-order valence-electron chi connectivity index (χ0n) is 17.6. The van der Waals surface area contributed by atoms with E-state index >= 15 is 0 Å². The number of aryl methyl sites for hydroxylation is 1. The minimum atomic E-state index is -2.88. The van der Waals surface area contributed by atoms with E-state index < -0.39 is 30.1 Å². The van der Waals surface area contributed by atoms with Crippen molar-refractivity contribution in [2.24, 2.45) is 5.41 Å². The molecule has 1 fully saturated rings. The van der Waals surface area contributed by atoms with E-state index in [2.05, 4.69) is 15.3 Å². The zero-order valence-corrected chi connectivity index (χ0v) is 17.6. The summed E-state index contributed by atoms with van der Waals surface area (Å²) in [5, 5.41) is 2.98. The van der Waals surface area contributed by atoms with Crippen LogP contribution in [0.25, 0.3) is 11.3 Å². The van der Waals surface area contributed by atoms with Crippen LogP contribution in [-0.2, 0) is 9.53 Å². The van der Waals surface area contributed by atoms with Gasteiger partial charge >= 0.3 is 0 Å². The fraction of sp³-hybridized carbons (Fsp3) is 0.545. The molecule has 7 heteroatoms. The molecule has 1 amide bonds. The third kappa shape index (κ3) is 4.83. The number of aromatic nitrogens is 2. The second kappa shape index (κ2) is 7.52. The number of aromatic amines is 1. The molecule has 2 heterocycles. The molecule has 2 aromatic rings. The Labute approximate surface area is 170 Å². The Morgan fingerprint density at radius 2 is 1.90 bits per heavy atom. The highest BCUT2D eigenvalue weighted by atomic mass is 19.3. The van der Waals surface area contributed by atoms with E-state index in [4.69, 9.17) is 4.74 Å². The lowest BCUT2D eigenvalue weighted by molar-refractivity contribution is -0.190. The van der Waals surface area contributed by atoms with E-state index in [0.29, 0.717) is 5.82 Å². The molecular weight excluding hydrogens is 376 g/mol. The number of nitrogens with zero attached hydrogens (tertiary/aromatic N) is 1. The lowest BCUT2D eigenvalue weighted by Gasteiger charge is -2.38. The molecule has 1 saturated heterocycles. The zero-order chi connectivity index (χ0) is 21.4. The van der Waals surface area contributed by atoms with Crippen LogP contribution in [0.15, 0.2) is 30.5 Å². The number of ether oxygens (including phenoxy) is 1. The number of nitrogens with one attached hydrogen (secondary N) is 2. The van der Waals surface area contributed by atoms with Crippen molar-refractivity contribution in [3.8, 4) is 11.3 Å². The first-order valence-electron chi connectivity index (χ1n) is 9.85. The maximum absolute atomic E-state index is 13.4. The Morgan fingerprint density at radius 3 is 2.45 bits per heavy atom. The van der Waals surface area contributed by atoms with Gasteiger partial charge in [-0.3, -0.25) is 4.79 Å². The largest absolute Gasteiger partial charge is 0.359 e. The second-order valence-electron chi connectivity index (χ2n) is 9.18. The monoisotopic (exact) mass is 405 g/mol. The molecule has 3 rings (SSSR count). The number of H-pyrrole nitrogens is 1. The lowest BCUT2D eigenvalue weighted by atomic mass is 9.85. The Hall–Kier alpha value is -2.28. The maximum atomic E-state index is 13.4. The number of carbonyl (C=O) groups excluding carboxylic acids is 1. The molecule has 1 aliphatic heterocycles. The van der Waals surface area contributed by atoms with Gasteiger partial charge in [-0.25, -0.2) is 13.8 Å². The number of alkyl halides is 2. The smallest absolute Gasteiger partial charge is 0.271 e. The summed E-state index contributed by atoms with van der Waals surface area (Å²) in [6.45, 7) is 8.82. The van der Waals surface area contributed by atoms with Crippen LogP contribution in [0, 0.1) is 12.3 Å². The third-order valence-corrected chi connectivity index (χ3v) is 5.41. The van der Waals surface area contributed by atoms with Crippen molar-refractivity contribution < 1.29 is 18.3 Å². The molecule has 2 N–H and O–H groups in total. The van der Waals surface area contributed by atoms with Crippen molar-refractivity contribution in [3.63, 3.8) is 0 Å². The fourth-order valence-electron chi connectivity index (χ4n) is 3.35. The molecule has 0 saturated carbocycles. The van der Waals surface area contributed by atoms with Gasteiger partial charge in [0.25, 0.3) is 11.8 Å². The molecule has 0 radical (unpaired) electrons. The first kappa shape index (κ1) is 21.4. The average molecular weight is 405 g/mol. The van der Waals surface area contributed by atoms with E-state index in [1.165, 1.54) is 0 Å². The van der Waals surface area contributed by atoms with Crippen molar-refractivity contribution in [1.29, 1.82) is 0 Å². The average Bonchev–Trinajstić information content (AvgIpc) is 3.11.